The summed E-state index contributed by atoms with van der Waals surface area (Å²) in [5.41, 5.74) is 2.76. The maximum Gasteiger partial charge on any atom is 0.192 e. The predicted octanol–water partition coefficient (Wildman–Crippen LogP) is 7.11. The van der Waals surface area contributed by atoms with Gasteiger partial charge in [0, 0.05) is 35.5 Å². The van der Waals surface area contributed by atoms with Gasteiger partial charge in [0.2, 0.25) is 0 Å². The molecule has 1 aliphatic rings. The van der Waals surface area contributed by atoms with E-state index in [-0.39, 0.29) is 11.3 Å². The summed E-state index contributed by atoms with van der Waals surface area (Å²) in [6, 6.07) is 3.81. The number of hydrogen-bond acceptors (Lipinski definition) is 5. The first-order valence-electron chi connectivity index (χ1n) is 12.7. The van der Waals surface area contributed by atoms with Gasteiger partial charge in [0.1, 0.15) is 6.23 Å². The van der Waals surface area contributed by atoms with Crippen LogP contribution in [0.5, 0.6) is 0 Å². The fourth-order valence-corrected chi connectivity index (χ4v) is 5.80. The van der Waals surface area contributed by atoms with E-state index in [2.05, 4.69) is 49.3 Å². The predicted molar refractivity (Wildman–Crippen MR) is 150 cm³/mol. The molecule has 3 aromatic heterocycles. The fourth-order valence-electron chi connectivity index (χ4n) is 4.35. The maximum atomic E-state index is 6.73. The van der Waals surface area contributed by atoms with Gasteiger partial charge in [-0.1, -0.05) is 55.3 Å². The molecule has 1 aromatic carbocycles. The van der Waals surface area contributed by atoms with E-state index in [1.54, 1.807) is 0 Å². The summed E-state index contributed by atoms with van der Waals surface area (Å²) in [4.78, 5) is 0. The van der Waals surface area contributed by atoms with E-state index >= 15 is 0 Å². The average Bonchev–Trinajstić information content (AvgIpc) is 3.59. The van der Waals surface area contributed by atoms with Gasteiger partial charge in [-0.2, -0.15) is 5.10 Å². The van der Waals surface area contributed by atoms with Gasteiger partial charge in [-0.3, -0.25) is 4.57 Å². The molecule has 0 radical (unpaired) electrons. The number of rotatable bonds is 7. The van der Waals surface area contributed by atoms with E-state index in [0.717, 1.165) is 47.9 Å². The molecule has 0 amide bonds. The topological polar surface area (TPSA) is 71.9 Å². The van der Waals surface area contributed by atoms with Crippen LogP contribution in [0.15, 0.2) is 36.9 Å². The number of halogens is 2. The lowest BCUT2D eigenvalue weighted by molar-refractivity contribution is -0.0394. The van der Waals surface area contributed by atoms with Crippen molar-refractivity contribution in [3.05, 3.63) is 47.0 Å². The molecule has 4 aromatic rings. The zero-order valence-corrected chi connectivity index (χ0v) is 24.6. The van der Waals surface area contributed by atoms with Gasteiger partial charge >= 0.3 is 0 Å². The summed E-state index contributed by atoms with van der Waals surface area (Å²) >= 11 is 13.2. The SMILES string of the molecule is CC(C)(C)[Si](C)(C)OCCn1cc(-n2cc(-c3cnn(C4CCCCO4)c3)c3ccc(Cl)c(Cl)c32)nn1. The summed E-state index contributed by atoms with van der Waals surface area (Å²) in [6.07, 6.45) is 11.0. The second-order valence-electron chi connectivity index (χ2n) is 11.1. The maximum absolute atomic E-state index is 6.73. The molecule has 198 valence electrons. The van der Waals surface area contributed by atoms with Crippen molar-refractivity contribution in [2.24, 2.45) is 0 Å². The molecule has 11 heteroatoms. The molecule has 0 saturated carbocycles. The van der Waals surface area contributed by atoms with Crippen molar-refractivity contribution in [3.8, 4) is 16.9 Å². The van der Waals surface area contributed by atoms with E-state index in [4.69, 9.17) is 32.4 Å². The van der Waals surface area contributed by atoms with Crippen LogP contribution in [-0.4, -0.2) is 50.9 Å². The van der Waals surface area contributed by atoms with Crippen LogP contribution < -0.4 is 0 Å². The van der Waals surface area contributed by atoms with E-state index in [1.807, 2.05) is 50.9 Å². The average molecular weight is 562 g/mol. The molecule has 8 nitrogen and oxygen atoms in total. The molecule has 1 atom stereocenters. The van der Waals surface area contributed by atoms with Crippen LogP contribution in [0, 0.1) is 0 Å². The Kier molecular flexibility index (Phi) is 7.28. The van der Waals surface area contributed by atoms with Crippen LogP contribution in [0.25, 0.3) is 27.8 Å². The second kappa shape index (κ2) is 10.2. The van der Waals surface area contributed by atoms with Gasteiger partial charge < -0.3 is 9.16 Å². The zero-order valence-electron chi connectivity index (χ0n) is 22.0. The van der Waals surface area contributed by atoms with E-state index in [0.29, 0.717) is 29.0 Å². The lowest BCUT2D eigenvalue weighted by atomic mass is 10.1. The van der Waals surface area contributed by atoms with Gasteiger partial charge in [-0.25, -0.2) is 9.36 Å². The van der Waals surface area contributed by atoms with E-state index in [9.17, 15) is 0 Å². The van der Waals surface area contributed by atoms with Gasteiger partial charge in [0.05, 0.1) is 41.1 Å². The monoisotopic (exact) mass is 560 g/mol. The third-order valence-corrected chi connectivity index (χ3v) is 12.9. The summed E-state index contributed by atoms with van der Waals surface area (Å²) in [6.45, 7) is 13.2. The normalized spacial score (nSPS) is 17.1. The summed E-state index contributed by atoms with van der Waals surface area (Å²) in [5.74, 6) is 0.663. The minimum absolute atomic E-state index is 0.0256. The highest BCUT2D eigenvalue weighted by Gasteiger charge is 2.37. The van der Waals surface area contributed by atoms with Gasteiger partial charge in [-0.05, 0) is 43.5 Å². The molecule has 0 bridgehead atoms. The molecule has 1 unspecified atom stereocenters. The van der Waals surface area contributed by atoms with Crippen molar-refractivity contribution in [2.45, 2.75) is 70.9 Å². The first-order chi connectivity index (χ1) is 17.5. The third-order valence-electron chi connectivity index (χ3n) is 7.58. The Morgan fingerprint density at radius 2 is 1.95 bits per heavy atom. The highest BCUT2D eigenvalue weighted by Crippen LogP contribution is 2.39. The lowest BCUT2D eigenvalue weighted by Crippen LogP contribution is -2.41. The number of benzene rings is 1. The third kappa shape index (κ3) is 5.24. The molecule has 1 saturated heterocycles. The van der Waals surface area contributed by atoms with Crippen molar-refractivity contribution in [2.75, 3.05) is 13.2 Å². The molecular formula is C26H34Cl2N6O2Si. The smallest absolute Gasteiger partial charge is 0.192 e. The van der Waals surface area contributed by atoms with E-state index < -0.39 is 8.32 Å². The van der Waals surface area contributed by atoms with Crippen LogP contribution in [-0.2, 0) is 15.7 Å². The van der Waals surface area contributed by atoms with Crippen molar-refractivity contribution in [3.63, 3.8) is 0 Å². The number of ether oxygens (including phenoxy) is 1. The van der Waals surface area contributed by atoms with Crippen LogP contribution in [0.2, 0.25) is 28.2 Å². The fraction of sp³-hybridized carbons (Fsp3) is 0.500. The number of nitrogens with zero attached hydrogens (tertiary/aromatic N) is 6. The highest BCUT2D eigenvalue weighted by atomic mass is 35.5. The molecule has 37 heavy (non-hydrogen) atoms. The van der Waals surface area contributed by atoms with E-state index in [1.165, 1.54) is 0 Å². The Balaban J connectivity index is 1.45. The van der Waals surface area contributed by atoms with Gasteiger partial charge in [-0.15, -0.1) is 5.10 Å². The Bertz CT molecular complexity index is 1400. The molecule has 0 spiro atoms. The van der Waals surface area contributed by atoms with Crippen molar-refractivity contribution in [1.29, 1.82) is 0 Å². The van der Waals surface area contributed by atoms with Gasteiger partial charge in [0.15, 0.2) is 14.1 Å². The lowest BCUT2D eigenvalue weighted by Gasteiger charge is -2.36. The standard InChI is InChI=1S/C26H34Cl2N6O2Si/c1-26(2,3)37(4,5)36-13-11-32-17-22(30-31-32)33-16-20(19-9-10-21(27)24(28)25(19)33)18-14-29-34(15-18)23-8-6-7-12-35-23/h9-10,14-17,23H,6-8,11-13H2,1-5H3. The molecule has 4 heterocycles. The van der Waals surface area contributed by atoms with Crippen molar-refractivity contribution < 1.29 is 9.16 Å². The first kappa shape index (κ1) is 26.4. The molecule has 1 aliphatic heterocycles. The summed E-state index contributed by atoms with van der Waals surface area (Å²) < 4.78 is 17.9. The second-order valence-corrected chi connectivity index (χ2v) is 16.7. The number of hydrogen-bond donors (Lipinski definition) is 0. The van der Waals surface area contributed by atoms with Crippen LogP contribution in [0.1, 0.15) is 46.3 Å². The molecule has 0 N–H and O–H groups in total. The number of fused-ring (bicyclic) bond motifs is 1. The molecule has 0 aliphatic carbocycles. The molecule has 5 rings (SSSR count). The Morgan fingerprint density at radius 1 is 1.14 bits per heavy atom. The minimum Gasteiger partial charge on any atom is -0.415 e. The highest BCUT2D eigenvalue weighted by molar-refractivity contribution is 6.74. The summed E-state index contributed by atoms with van der Waals surface area (Å²) in [7, 11) is -1.83. The zero-order chi connectivity index (χ0) is 26.4. The Labute approximate surface area is 228 Å². The van der Waals surface area contributed by atoms with Crippen LogP contribution >= 0.6 is 23.2 Å². The minimum atomic E-state index is -1.83. The Hall–Kier alpha value is -2.17. The molecular weight excluding hydrogens is 527 g/mol. The molecule has 1 fully saturated rings. The first-order valence-corrected chi connectivity index (χ1v) is 16.4. The van der Waals surface area contributed by atoms with Crippen molar-refractivity contribution in [1.82, 2.24) is 29.3 Å². The van der Waals surface area contributed by atoms with Crippen LogP contribution in [0.4, 0.5) is 0 Å². The summed E-state index contributed by atoms with van der Waals surface area (Å²) in [5, 5.41) is 15.5. The van der Waals surface area contributed by atoms with Gasteiger partial charge in [0.25, 0.3) is 0 Å². The van der Waals surface area contributed by atoms with Crippen LogP contribution in [0.3, 0.4) is 0 Å². The largest absolute Gasteiger partial charge is 0.415 e. The Morgan fingerprint density at radius 3 is 2.68 bits per heavy atom. The van der Waals surface area contributed by atoms with Crippen molar-refractivity contribution >= 4 is 42.4 Å². The number of aromatic nitrogens is 6. The quantitative estimate of drug-likeness (QED) is 0.225.